The monoisotopic (exact) mass is 314 g/mol. The van der Waals surface area contributed by atoms with E-state index in [1.54, 1.807) is 0 Å². The first-order valence-electron chi connectivity index (χ1n) is 7.42. The van der Waals surface area contributed by atoms with Crippen LogP contribution in [0.4, 0.5) is 0 Å². The smallest absolute Gasteiger partial charge is 0.123 e. The summed E-state index contributed by atoms with van der Waals surface area (Å²) in [7, 11) is 0. The van der Waals surface area contributed by atoms with Crippen molar-refractivity contribution in [3.63, 3.8) is 0 Å². The molecule has 1 fully saturated rings. The quantitative estimate of drug-likeness (QED) is 0.840. The van der Waals surface area contributed by atoms with E-state index in [0.29, 0.717) is 0 Å². The van der Waals surface area contributed by atoms with Gasteiger partial charge in [-0.25, -0.2) is 4.98 Å². The molecule has 0 amide bonds. The fourth-order valence-corrected chi connectivity index (χ4v) is 4.47. The van der Waals surface area contributed by atoms with Crippen molar-refractivity contribution in [3.05, 3.63) is 15.6 Å². The highest BCUT2D eigenvalue weighted by Crippen LogP contribution is 2.35. The summed E-state index contributed by atoms with van der Waals surface area (Å²) >= 11 is 3.80. The predicted octanol–water partition coefficient (Wildman–Crippen LogP) is 3.74. The number of thiazole rings is 1. The zero-order valence-electron chi connectivity index (χ0n) is 13.0. The van der Waals surface area contributed by atoms with Crippen molar-refractivity contribution in [1.29, 1.82) is 0 Å². The molecule has 3 nitrogen and oxygen atoms in total. The molecule has 0 saturated carbocycles. The van der Waals surface area contributed by atoms with Crippen LogP contribution in [0.3, 0.4) is 0 Å². The Kier molecular flexibility index (Phi) is 5.90. The number of aromatic nitrogens is 1. The van der Waals surface area contributed by atoms with Crippen LogP contribution in [0.1, 0.15) is 55.8 Å². The minimum Gasteiger partial charge on any atom is -0.369 e. The summed E-state index contributed by atoms with van der Waals surface area (Å²) < 4.78 is 5.88. The van der Waals surface area contributed by atoms with E-state index in [9.17, 15) is 0 Å². The molecule has 114 valence electrons. The highest BCUT2D eigenvalue weighted by atomic mass is 32.2. The van der Waals surface area contributed by atoms with Crippen molar-refractivity contribution >= 4 is 23.1 Å². The van der Waals surface area contributed by atoms with Gasteiger partial charge in [-0.3, -0.25) is 0 Å². The van der Waals surface area contributed by atoms with E-state index in [4.69, 9.17) is 9.72 Å². The van der Waals surface area contributed by atoms with Gasteiger partial charge in [-0.2, -0.15) is 11.8 Å². The molecule has 1 N–H and O–H groups in total. The largest absolute Gasteiger partial charge is 0.369 e. The van der Waals surface area contributed by atoms with Crippen LogP contribution in [0.25, 0.3) is 0 Å². The molecule has 1 atom stereocenters. The average molecular weight is 315 g/mol. The molecule has 0 spiro atoms. The number of rotatable bonds is 5. The summed E-state index contributed by atoms with van der Waals surface area (Å²) in [5, 5.41) is 4.67. The van der Waals surface area contributed by atoms with Crippen molar-refractivity contribution in [3.8, 4) is 0 Å². The number of hydrogen-bond acceptors (Lipinski definition) is 5. The Morgan fingerprint density at radius 3 is 2.80 bits per heavy atom. The van der Waals surface area contributed by atoms with Gasteiger partial charge < -0.3 is 10.1 Å². The van der Waals surface area contributed by atoms with Crippen LogP contribution in [-0.2, 0) is 16.7 Å². The zero-order chi connectivity index (χ0) is 14.6. The van der Waals surface area contributed by atoms with Crippen molar-refractivity contribution < 1.29 is 4.74 Å². The van der Waals surface area contributed by atoms with Gasteiger partial charge in [0.05, 0.1) is 12.3 Å². The molecular formula is C15H26N2OS2. The Balaban J connectivity index is 2.17. The van der Waals surface area contributed by atoms with Crippen LogP contribution >= 0.6 is 23.1 Å². The minimum absolute atomic E-state index is 0.0970. The van der Waals surface area contributed by atoms with Gasteiger partial charge in [0.15, 0.2) is 0 Å². The molecule has 0 aromatic carbocycles. The fourth-order valence-electron chi connectivity index (χ4n) is 2.22. The summed E-state index contributed by atoms with van der Waals surface area (Å²) in [4.78, 5) is 6.30. The average Bonchev–Trinajstić information content (AvgIpc) is 2.84. The molecule has 0 radical (unpaired) electrons. The maximum atomic E-state index is 5.88. The van der Waals surface area contributed by atoms with Crippen LogP contribution in [0.5, 0.6) is 0 Å². The molecule has 1 aromatic rings. The molecule has 1 unspecified atom stereocenters. The number of nitrogens with zero attached hydrogens (tertiary/aromatic N) is 1. The highest BCUT2D eigenvalue weighted by Gasteiger charge is 2.27. The SMILES string of the molecule is CCCNCc1sc(C2CSCCO2)nc1C(C)(C)C. The third-order valence-electron chi connectivity index (χ3n) is 3.23. The molecule has 2 heterocycles. The maximum Gasteiger partial charge on any atom is 0.123 e. The third-order valence-corrected chi connectivity index (χ3v) is 5.37. The highest BCUT2D eigenvalue weighted by molar-refractivity contribution is 7.99. The maximum absolute atomic E-state index is 5.88. The number of thioether (sulfide) groups is 1. The summed E-state index contributed by atoms with van der Waals surface area (Å²) in [5.74, 6) is 2.15. The molecule has 1 aliphatic rings. The number of ether oxygens (including phenoxy) is 1. The topological polar surface area (TPSA) is 34.1 Å². The van der Waals surface area contributed by atoms with Gasteiger partial charge in [-0.15, -0.1) is 11.3 Å². The summed E-state index contributed by atoms with van der Waals surface area (Å²) in [5.41, 5.74) is 1.33. The van der Waals surface area contributed by atoms with Crippen LogP contribution in [-0.4, -0.2) is 29.6 Å². The molecule has 1 aromatic heterocycles. The van der Waals surface area contributed by atoms with E-state index in [1.165, 1.54) is 17.0 Å². The molecule has 0 aliphatic carbocycles. The Labute approximate surface area is 130 Å². The summed E-state index contributed by atoms with van der Waals surface area (Å²) in [6, 6.07) is 0. The van der Waals surface area contributed by atoms with Gasteiger partial charge in [0.25, 0.3) is 0 Å². The molecule has 5 heteroatoms. The van der Waals surface area contributed by atoms with Gasteiger partial charge in [0.2, 0.25) is 0 Å². The van der Waals surface area contributed by atoms with Gasteiger partial charge in [0, 0.05) is 28.3 Å². The van der Waals surface area contributed by atoms with Crippen LogP contribution in [0.2, 0.25) is 0 Å². The van der Waals surface area contributed by atoms with Gasteiger partial charge in [-0.1, -0.05) is 27.7 Å². The van der Waals surface area contributed by atoms with E-state index in [-0.39, 0.29) is 11.5 Å². The summed E-state index contributed by atoms with van der Waals surface area (Å²) in [6.45, 7) is 11.8. The number of nitrogens with one attached hydrogen (secondary N) is 1. The molecule has 0 bridgehead atoms. The van der Waals surface area contributed by atoms with Crippen molar-refractivity contribution in [2.24, 2.45) is 0 Å². The first-order chi connectivity index (χ1) is 9.52. The Bertz CT molecular complexity index is 420. The summed E-state index contributed by atoms with van der Waals surface area (Å²) in [6.07, 6.45) is 1.36. The molecule has 20 heavy (non-hydrogen) atoms. The number of hydrogen-bond donors (Lipinski definition) is 1. The lowest BCUT2D eigenvalue weighted by Crippen LogP contribution is -2.19. The van der Waals surface area contributed by atoms with Crippen molar-refractivity contribution in [2.75, 3.05) is 24.7 Å². The second-order valence-corrected chi connectivity index (χ2v) is 8.45. The molecule has 1 saturated heterocycles. The van der Waals surface area contributed by atoms with Crippen LogP contribution in [0.15, 0.2) is 0 Å². The Hall–Kier alpha value is -0.100. The molecule has 1 aliphatic heterocycles. The lowest BCUT2D eigenvalue weighted by molar-refractivity contribution is 0.0753. The van der Waals surface area contributed by atoms with Crippen molar-refractivity contribution in [1.82, 2.24) is 10.3 Å². The van der Waals surface area contributed by atoms with Crippen molar-refractivity contribution in [2.45, 2.75) is 52.2 Å². The lowest BCUT2D eigenvalue weighted by Gasteiger charge is -2.20. The van der Waals surface area contributed by atoms with E-state index in [2.05, 4.69) is 33.0 Å². The molecular weight excluding hydrogens is 288 g/mol. The van der Waals surface area contributed by atoms with E-state index < -0.39 is 0 Å². The fraction of sp³-hybridized carbons (Fsp3) is 0.800. The normalized spacial score (nSPS) is 20.3. The Morgan fingerprint density at radius 2 is 2.20 bits per heavy atom. The Morgan fingerprint density at radius 1 is 1.40 bits per heavy atom. The lowest BCUT2D eigenvalue weighted by atomic mass is 9.91. The van der Waals surface area contributed by atoms with E-state index in [0.717, 1.165) is 36.2 Å². The standard InChI is InChI=1S/C15H26N2OS2/c1-5-6-16-9-12-13(15(2,3)4)17-14(20-12)11-10-19-8-7-18-11/h11,16H,5-10H2,1-4H3. The third kappa shape index (κ3) is 4.20. The zero-order valence-corrected chi connectivity index (χ0v) is 14.6. The van der Waals surface area contributed by atoms with E-state index in [1.807, 2.05) is 23.1 Å². The molecule has 2 rings (SSSR count). The second-order valence-electron chi connectivity index (χ2n) is 6.19. The van der Waals surface area contributed by atoms with E-state index >= 15 is 0 Å². The predicted molar refractivity (Wildman–Crippen MR) is 88.8 cm³/mol. The van der Waals surface area contributed by atoms with Crippen LogP contribution in [0, 0.1) is 0 Å². The van der Waals surface area contributed by atoms with Crippen LogP contribution < -0.4 is 5.32 Å². The first-order valence-corrected chi connectivity index (χ1v) is 9.39. The van der Waals surface area contributed by atoms with Gasteiger partial charge in [-0.05, 0) is 13.0 Å². The second kappa shape index (κ2) is 7.25. The van der Waals surface area contributed by atoms with Gasteiger partial charge >= 0.3 is 0 Å². The van der Waals surface area contributed by atoms with Gasteiger partial charge in [0.1, 0.15) is 11.1 Å². The first kappa shape index (κ1) is 16.3. The minimum atomic E-state index is 0.0970.